The second-order valence-corrected chi connectivity index (χ2v) is 10.6. The minimum Gasteiger partial charge on any atom is -0.204 e. The molecular formula is C33H31F5. The summed E-state index contributed by atoms with van der Waals surface area (Å²) in [4.78, 5) is 0. The Kier molecular flexibility index (Phi) is 7.83. The van der Waals surface area contributed by atoms with E-state index in [1.165, 1.54) is 12.8 Å². The Bertz CT molecular complexity index is 1430. The van der Waals surface area contributed by atoms with Gasteiger partial charge < -0.3 is 0 Å². The van der Waals surface area contributed by atoms with E-state index in [0.29, 0.717) is 35.4 Å². The maximum Gasteiger partial charge on any atom is 0.194 e. The lowest BCUT2D eigenvalue weighted by Crippen LogP contribution is -2.14. The Hall–Kier alpha value is -3.21. The van der Waals surface area contributed by atoms with Gasteiger partial charge in [-0.2, -0.15) is 0 Å². The van der Waals surface area contributed by atoms with Gasteiger partial charge in [-0.1, -0.05) is 62.2 Å². The van der Waals surface area contributed by atoms with Crippen molar-refractivity contribution in [3.63, 3.8) is 0 Å². The van der Waals surface area contributed by atoms with Gasteiger partial charge in [0.05, 0.1) is 0 Å². The van der Waals surface area contributed by atoms with Gasteiger partial charge in [-0.05, 0) is 102 Å². The fourth-order valence-corrected chi connectivity index (χ4v) is 5.93. The molecule has 4 aromatic carbocycles. The summed E-state index contributed by atoms with van der Waals surface area (Å²) in [5.41, 5.74) is 2.68. The third-order valence-corrected chi connectivity index (χ3v) is 8.06. The Morgan fingerprint density at radius 3 is 2.00 bits per heavy atom. The Balaban J connectivity index is 1.32. The molecule has 4 aromatic rings. The summed E-state index contributed by atoms with van der Waals surface area (Å²) in [6.45, 7) is 2.19. The molecule has 0 atom stereocenters. The van der Waals surface area contributed by atoms with E-state index < -0.39 is 29.1 Å². The van der Waals surface area contributed by atoms with Crippen LogP contribution in [0.25, 0.3) is 21.9 Å². The molecule has 0 amide bonds. The van der Waals surface area contributed by atoms with Crippen LogP contribution in [0.2, 0.25) is 0 Å². The molecule has 0 saturated heterocycles. The molecule has 1 aliphatic rings. The van der Waals surface area contributed by atoms with Crippen LogP contribution in [0.5, 0.6) is 0 Å². The van der Waals surface area contributed by atoms with E-state index in [0.717, 1.165) is 54.2 Å². The average Bonchev–Trinajstić information content (AvgIpc) is 2.92. The Morgan fingerprint density at radius 2 is 1.29 bits per heavy atom. The van der Waals surface area contributed by atoms with Crippen molar-refractivity contribution in [3.05, 3.63) is 106 Å². The highest BCUT2D eigenvalue weighted by Crippen LogP contribution is 2.40. The second-order valence-electron chi connectivity index (χ2n) is 10.6. The molecule has 0 heterocycles. The number of rotatable bonds is 7. The van der Waals surface area contributed by atoms with E-state index in [1.807, 2.05) is 30.3 Å². The van der Waals surface area contributed by atoms with Crippen LogP contribution < -0.4 is 0 Å². The lowest BCUT2D eigenvalue weighted by atomic mass is 9.77. The first-order chi connectivity index (χ1) is 18.3. The summed E-state index contributed by atoms with van der Waals surface area (Å²) in [5, 5.41) is 1.80. The van der Waals surface area contributed by atoms with E-state index >= 15 is 8.78 Å². The van der Waals surface area contributed by atoms with Crippen LogP contribution in [-0.2, 0) is 12.8 Å². The first kappa shape index (κ1) is 26.4. The zero-order chi connectivity index (χ0) is 26.8. The number of halogens is 5. The van der Waals surface area contributed by atoms with Crippen LogP contribution in [0.1, 0.15) is 68.1 Å². The summed E-state index contributed by atoms with van der Waals surface area (Å²) in [5.74, 6) is -4.60. The minimum atomic E-state index is -1.46. The van der Waals surface area contributed by atoms with Crippen LogP contribution in [-0.4, -0.2) is 0 Å². The predicted molar refractivity (Wildman–Crippen MR) is 143 cm³/mol. The van der Waals surface area contributed by atoms with Crippen LogP contribution in [0, 0.1) is 35.0 Å². The van der Waals surface area contributed by atoms with E-state index in [2.05, 4.69) is 6.92 Å². The number of hydrogen-bond acceptors (Lipinski definition) is 0. The fraction of sp³-hybridized carbons (Fsp3) is 0.333. The lowest BCUT2D eigenvalue weighted by Gasteiger charge is -2.29. The third-order valence-electron chi connectivity index (χ3n) is 8.06. The van der Waals surface area contributed by atoms with Gasteiger partial charge in [0.15, 0.2) is 29.1 Å². The molecule has 198 valence electrons. The highest BCUT2D eigenvalue weighted by molar-refractivity contribution is 5.88. The second kappa shape index (κ2) is 11.3. The zero-order valence-corrected chi connectivity index (χ0v) is 21.5. The van der Waals surface area contributed by atoms with E-state index in [-0.39, 0.29) is 11.5 Å². The molecule has 0 radical (unpaired) electrons. The minimum absolute atomic E-state index is 0.0737. The summed E-state index contributed by atoms with van der Waals surface area (Å²) in [7, 11) is 0. The Labute approximate surface area is 220 Å². The van der Waals surface area contributed by atoms with Gasteiger partial charge in [0, 0.05) is 5.56 Å². The van der Waals surface area contributed by atoms with E-state index in [9.17, 15) is 13.2 Å². The van der Waals surface area contributed by atoms with Crippen molar-refractivity contribution < 1.29 is 22.0 Å². The molecule has 1 saturated carbocycles. The topological polar surface area (TPSA) is 0 Å². The molecule has 0 N–H and O–H groups in total. The van der Waals surface area contributed by atoms with E-state index in [4.69, 9.17) is 0 Å². The number of benzene rings is 4. The monoisotopic (exact) mass is 522 g/mol. The van der Waals surface area contributed by atoms with Gasteiger partial charge in [-0.3, -0.25) is 0 Å². The molecular weight excluding hydrogens is 491 g/mol. The van der Waals surface area contributed by atoms with E-state index in [1.54, 1.807) is 18.2 Å². The first-order valence-corrected chi connectivity index (χ1v) is 13.5. The van der Waals surface area contributed by atoms with Crippen LogP contribution in [0.4, 0.5) is 22.0 Å². The van der Waals surface area contributed by atoms with Gasteiger partial charge >= 0.3 is 0 Å². The van der Waals surface area contributed by atoms with Gasteiger partial charge in [-0.25, -0.2) is 22.0 Å². The highest BCUT2D eigenvalue weighted by atomic mass is 19.2. The van der Waals surface area contributed by atoms with Gasteiger partial charge in [0.25, 0.3) is 0 Å². The summed E-state index contributed by atoms with van der Waals surface area (Å²) < 4.78 is 70.6. The molecule has 0 aromatic heterocycles. The zero-order valence-electron chi connectivity index (χ0n) is 21.5. The van der Waals surface area contributed by atoms with Crippen molar-refractivity contribution in [2.75, 3.05) is 0 Å². The van der Waals surface area contributed by atoms with Gasteiger partial charge in [0.2, 0.25) is 0 Å². The van der Waals surface area contributed by atoms with Crippen LogP contribution >= 0.6 is 0 Å². The quantitative estimate of drug-likeness (QED) is 0.167. The smallest absolute Gasteiger partial charge is 0.194 e. The molecule has 0 bridgehead atoms. The van der Waals surface area contributed by atoms with Crippen molar-refractivity contribution in [1.29, 1.82) is 0 Å². The molecule has 0 nitrogen and oxygen atoms in total. The SMILES string of the molecule is CCCC1CCC(c2ccc(-c3ccc4cc(CCc5cc(F)c(F)c(F)c5)ccc4c3)c(F)c2F)CC1. The third kappa shape index (κ3) is 5.48. The van der Waals surface area contributed by atoms with Gasteiger partial charge in [0.1, 0.15) is 0 Å². The first-order valence-electron chi connectivity index (χ1n) is 13.5. The van der Waals surface area contributed by atoms with Crippen molar-refractivity contribution in [2.24, 2.45) is 5.92 Å². The fourth-order valence-electron chi connectivity index (χ4n) is 5.93. The van der Waals surface area contributed by atoms with Gasteiger partial charge in [-0.15, -0.1) is 0 Å². The molecule has 38 heavy (non-hydrogen) atoms. The van der Waals surface area contributed by atoms with Crippen LogP contribution in [0.3, 0.4) is 0 Å². The molecule has 0 unspecified atom stereocenters. The standard InChI is InChI=1S/C33H31F5/c1-2-3-20-6-9-23(10-7-20)27-14-15-28(32(37)31(27)36)26-13-12-24-16-21(8-11-25(24)19-26)4-5-22-17-29(34)33(38)30(35)18-22/h8,11-20,23H,2-7,9-10H2,1H3. The maximum absolute atomic E-state index is 15.3. The molecule has 0 spiro atoms. The Morgan fingerprint density at radius 1 is 0.632 bits per heavy atom. The predicted octanol–water partition coefficient (Wildman–Crippen LogP) is 10.1. The van der Waals surface area contributed by atoms with Crippen molar-refractivity contribution in [1.82, 2.24) is 0 Å². The van der Waals surface area contributed by atoms with Crippen molar-refractivity contribution in [2.45, 2.75) is 64.2 Å². The average molecular weight is 523 g/mol. The number of hydrogen-bond donors (Lipinski definition) is 0. The summed E-state index contributed by atoms with van der Waals surface area (Å²) >= 11 is 0. The largest absolute Gasteiger partial charge is 0.204 e. The molecule has 5 heteroatoms. The number of fused-ring (bicyclic) bond motifs is 1. The number of aryl methyl sites for hydroxylation is 2. The molecule has 1 aliphatic carbocycles. The molecule has 5 rings (SSSR count). The van der Waals surface area contributed by atoms with Crippen molar-refractivity contribution >= 4 is 10.8 Å². The normalized spacial score (nSPS) is 17.7. The lowest BCUT2D eigenvalue weighted by molar-refractivity contribution is 0.303. The molecule has 1 fully saturated rings. The van der Waals surface area contributed by atoms with Crippen LogP contribution in [0.15, 0.2) is 60.7 Å². The summed E-state index contributed by atoms with van der Waals surface area (Å²) in [6.07, 6.45) is 7.21. The van der Waals surface area contributed by atoms with Crippen molar-refractivity contribution in [3.8, 4) is 11.1 Å². The highest BCUT2D eigenvalue weighted by Gasteiger charge is 2.26. The molecule has 0 aliphatic heterocycles. The maximum atomic E-state index is 15.3. The summed E-state index contributed by atoms with van der Waals surface area (Å²) in [6, 6.07) is 16.7.